The fraction of sp³-hybridized carbons (Fsp3) is 0.222. The Bertz CT molecular complexity index is 1120. The fourth-order valence-electron chi connectivity index (χ4n) is 3.40. The standard InChI is InChI=1S/C18H16ClN5O4/c19-9-4-8(5-12(25)15(9)26)16-22-17(20)23-18-21-10-6-13-14(7-11(10)24(16)18)28-3-1-2-27-13/h4-7,16,25-26H,1-3H2,(H3,20,21,22,23)/t16-/m1/s1. The lowest BCUT2D eigenvalue weighted by molar-refractivity contribution is 0.297. The largest absolute Gasteiger partial charge is 0.504 e. The highest BCUT2D eigenvalue weighted by atomic mass is 35.5. The van der Waals surface area contributed by atoms with Crippen LogP contribution in [0.2, 0.25) is 5.02 Å². The third-order valence-electron chi connectivity index (χ3n) is 4.67. The molecule has 2 aliphatic heterocycles. The fourth-order valence-corrected chi connectivity index (χ4v) is 3.62. The molecule has 5 N–H and O–H groups in total. The topological polar surface area (TPSA) is 127 Å². The van der Waals surface area contributed by atoms with Gasteiger partial charge in [-0.05, 0) is 12.1 Å². The molecule has 0 fully saturated rings. The van der Waals surface area contributed by atoms with Gasteiger partial charge < -0.3 is 25.4 Å². The van der Waals surface area contributed by atoms with Crippen LogP contribution in [0.15, 0.2) is 29.3 Å². The predicted octanol–water partition coefficient (Wildman–Crippen LogP) is 2.55. The third-order valence-corrected chi connectivity index (χ3v) is 4.96. The molecule has 2 aromatic carbocycles. The summed E-state index contributed by atoms with van der Waals surface area (Å²) in [5.74, 6) is 1.19. The maximum atomic E-state index is 9.99. The van der Waals surface area contributed by atoms with Gasteiger partial charge in [-0.25, -0.2) is 9.98 Å². The molecule has 3 aromatic rings. The van der Waals surface area contributed by atoms with Gasteiger partial charge in [0.25, 0.3) is 0 Å². The number of hydrogen-bond acceptors (Lipinski definition) is 8. The van der Waals surface area contributed by atoms with Crippen LogP contribution >= 0.6 is 11.6 Å². The average molecular weight is 402 g/mol. The van der Waals surface area contributed by atoms with Gasteiger partial charge in [0.05, 0.1) is 29.3 Å². The molecule has 2 aliphatic rings. The molecule has 0 bridgehead atoms. The van der Waals surface area contributed by atoms with Gasteiger partial charge in [-0.1, -0.05) is 11.6 Å². The number of fused-ring (bicyclic) bond motifs is 4. The first-order chi connectivity index (χ1) is 13.5. The quantitative estimate of drug-likeness (QED) is 0.461. The summed E-state index contributed by atoms with van der Waals surface area (Å²) in [6.07, 6.45) is 0.156. The number of aliphatic imine (C=N–C) groups is 1. The summed E-state index contributed by atoms with van der Waals surface area (Å²) < 4.78 is 13.4. The van der Waals surface area contributed by atoms with Crippen molar-refractivity contribution in [3.05, 3.63) is 34.9 Å². The van der Waals surface area contributed by atoms with E-state index in [-0.39, 0.29) is 22.5 Å². The number of aromatic nitrogens is 2. The van der Waals surface area contributed by atoms with Crippen LogP contribution in [0.1, 0.15) is 18.2 Å². The van der Waals surface area contributed by atoms with Crippen LogP contribution in [0.4, 0.5) is 5.95 Å². The van der Waals surface area contributed by atoms with Crippen molar-refractivity contribution < 1.29 is 19.7 Å². The van der Waals surface area contributed by atoms with Gasteiger partial charge in [-0.2, -0.15) is 0 Å². The molecule has 0 amide bonds. The minimum atomic E-state index is -0.644. The Hall–Kier alpha value is -3.33. The van der Waals surface area contributed by atoms with Crippen LogP contribution in [0.3, 0.4) is 0 Å². The first-order valence-electron chi connectivity index (χ1n) is 8.64. The molecule has 1 aromatic heterocycles. The summed E-state index contributed by atoms with van der Waals surface area (Å²) in [5, 5.41) is 22.7. The number of guanidine groups is 1. The molecule has 10 heteroatoms. The lowest BCUT2D eigenvalue weighted by atomic mass is 10.1. The molecule has 9 nitrogen and oxygen atoms in total. The summed E-state index contributed by atoms with van der Waals surface area (Å²) >= 11 is 6.04. The minimum Gasteiger partial charge on any atom is -0.504 e. The number of imidazole rings is 1. The number of phenols is 2. The molecule has 28 heavy (non-hydrogen) atoms. The zero-order valence-corrected chi connectivity index (χ0v) is 15.3. The van der Waals surface area contributed by atoms with E-state index in [2.05, 4.69) is 15.3 Å². The number of nitrogens with one attached hydrogen (secondary N) is 1. The maximum absolute atomic E-state index is 9.99. The van der Waals surface area contributed by atoms with E-state index in [1.165, 1.54) is 12.1 Å². The molecular formula is C18H16ClN5O4. The molecule has 0 spiro atoms. The van der Waals surface area contributed by atoms with Gasteiger partial charge in [0.2, 0.25) is 5.95 Å². The van der Waals surface area contributed by atoms with Crippen LogP contribution in [0.5, 0.6) is 23.0 Å². The molecule has 0 saturated heterocycles. The number of benzene rings is 2. The zero-order chi connectivity index (χ0) is 19.4. The molecule has 0 unspecified atom stereocenters. The highest BCUT2D eigenvalue weighted by molar-refractivity contribution is 6.32. The van der Waals surface area contributed by atoms with Crippen molar-refractivity contribution in [3.8, 4) is 23.0 Å². The number of ether oxygens (including phenoxy) is 2. The first-order valence-corrected chi connectivity index (χ1v) is 9.02. The van der Waals surface area contributed by atoms with Crippen LogP contribution in [-0.4, -0.2) is 38.9 Å². The van der Waals surface area contributed by atoms with Crippen molar-refractivity contribution in [2.24, 2.45) is 10.7 Å². The van der Waals surface area contributed by atoms with E-state index < -0.39 is 6.17 Å². The van der Waals surface area contributed by atoms with Crippen molar-refractivity contribution in [2.75, 3.05) is 18.5 Å². The van der Waals surface area contributed by atoms with Gasteiger partial charge in [0.1, 0.15) is 0 Å². The van der Waals surface area contributed by atoms with Crippen molar-refractivity contribution in [3.63, 3.8) is 0 Å². The summed E-state index contributed by atoms with van der Waals surface area (Å²) in [5.41, 5.74) is 7.90. The van der Waals surface area contributed by atoms with E-state index in [4.69, 9.17) is 26.8 Å². The number of rotatable bonds is 1. The Morgan fingerprint density at radius 2 is 1.89 bits per heavy atom. The minimum absolute atomic E-state index is 0.0128. The number of anilines is 1. The van der Waals surface area contributed by atoms with Gasteiger partial charge in [-0.3, -0.25) is 9.88 Å². The van der Waals surface area contributed by atoms with E-state index in [0.717, 1.165) is 11.9 Å². The Morgan fingerprint density at radius 1 is 1.14 bits per heavy atom. The number of aromatic hydroxyl groups is 2. The van der Waals surface area contributed by atoms with Crippen LogP contribution in [0.25, 0.3) is 11.0 Å². The number of hydrogen-bond donors (Lipinski definition) is 4. The molecule has 0 saturated carbocycles. The Labute approximate surface area is 164 Å². The molecule has 0 radical (unpaired) electrons. The summed E-state index contributed by atoms with van der Waals surface area (Å²) in [6.45, 7) is 1.14. The van der Waals surface area contributed by atoms with E-state index in [0.29, 0.717) is 41.7 Å². The number of phenolic OH excluding ortho intramolecular Hbond substituents is 2. The monoisotopic (exact) mass is 401 g/mol. The van der Waals surface area contributed by atoms with Gasteiger partial charge in [-0.15, -0.1) is 0 Å². The lowest BCUT2D eigenvalue weighted by Crippen LogP contribution is -2.31. The Morgan fingerprint density at radius 3 is 2.64 bits per heavy atom. The molecule has 3 heterocycles. The second-order valence-electron chi connectivity index (χ2n) is 6.53. The van der Waals surface area contributed by atoms with Crippen molar-refractivity contribution in [1.82, 2.24) is 9.55 Å². The van der Waals surface area contributed by atoms with Gasteiger partial charge in [0.15, 0.2) is 35.1 Å². The van der Waals surface area contributed by atoms with E-state index in [9.17, 15) is 10.2 Å². The van der Waals surface area contributed by atoms with Gasteiger partial charge >= 0.3 is 0 Å². The molecule has 144 valence electrons. The van der Waals surface area contributed by atoms with Gasteiger partial charge in [0, 0.05) is 24.1 Å². The van der Waals surface area contributed by atoms with Crippen LogP contribution in [0, 0.1) is 0 Å². The number of nitrogens with zero attached hydrogens (tertiary/aromatic N) is 3. The summed E-state index contributed by atoms with van der Waals surface area (Å²) in [7, 11) is 0. The summed E-state index contributed by atoms with van der Waals surface area (Å²) in [4.78, 5) is 9.03. The number of halogens is 1. The van der Waals surface area contributed by atoms with Crippen LogP contribution < -0.4 is 20.5 Å². The molecule has 0 aliphatic carbocycles. The second-order valence-corrected chi connectivity index (χ2v) is 6.93. The van der Waals surface area contributed by atoms with Crippen molar-refractivity contribution >= 4 is 34.5 Å². The van der Waals surface area contributed by atoms with E-state index in [1.54, 1.807) is 0 Å². The zero-order valence-electron chi connectivity index (χ0n) is 14.5. The first kappa shape index (κ1) is 16.8. The highest BCUT2D eigenvalue weighted by Gasteiger charge is 2.28. The Kier molecular flexibility index (Phi) is 3.66. The molecule has 5 rings (SSSR count). The second kappa shape index (κ2) is 6.10. The van der Waals surface area contributed by atoms with E-state index >= 15 is 0 Å². The number of nitrogens with two attached hydrogens (primary N) is 1. The lowest BCUT2D eigenvalue weighted by Gasteiger charge is -2.24. The smallest absolute Gasteiger partial charge is 0.212 e. The highest BCUT2D eigenvalue weighted by Crippen LogP contribution is 2.41. The SMILES string of the molecule is NC1=N[C@@H](c2cc(O)c(O)c(Cl)c2)n2c(nc3cc4c(cc32)OCCCO4)N1. The van der Waals surface area contributed by atoms with Crippen LogP contribution in [-0.2, 0) is 0 Å². The average Bonchev–Trinajstić information content (AvgIpc) is 2.84. The maximum Gasteiger partial charge on any atom is 0.212 e. The predicted molar refractivity (Wildman–Crippen MR) is 104 cm³/mol. The van der Waals surface area contributed by atoms with Crippen molar-refractivity contribution in [2.45, 2.75) is 12.6 Å². The van der Waals surface area contributed by atoms with E-state index in [1.807, 2.05) is 16.7 Å². The normalized spacial score (nSPS) is 18.2. The Balaban J connectivity index is 1.72. The summed E-state index contributed by atoms with van der Waals surface area (Å²) in [6, 6.07) is 6.59. The molecular weight excluding hydrogens is 386 g/mol. The van der Waals surface area contributed by atoms with Crippen molar-refractivity contribution in [1.29, 1.82) is 0 Å². The third kappa shape index (κ3) is 2.55. The molecule has 1 atom stereocenters.